The van der Waals surface area contributed by atoms with Crippen molar-refractivity contribution in [2.75, 3.05) is 6.61 Å². The highest BCUT2D eigenvalue weighted by atomic mass is 16.5. The van der Waals surface area contributed by atoms with E-state index >= 15 is 0 Å². The van der Waals surface area contributed by atoms with E-state index in [1.807, 2.05) is 0 Å². The molecule has 0 fully saturated rings. The number of hydrogen-bond acceptors (Lipinski definition) is 4. The molecule has 0 saturated heterocycles. The average molecular weight is 510 g/mol. The average Bonchev–Trinajstić information content (AvgIpc) is 2.87. The molecule has 0 aromatic carbocycles. The second-order valence-corrected chi connectivity index (χ2v) is 10.5. The summed E-state index contributed by atoms with van der Waals surface area (Å²) in [4.78, 5) is 36.9. The summed E-state index contributed by atoms with van der Waals surface area (Å²) >= 11 is 0. The second-order valence-electron chi connectivity index (χ2n) is 10.5. The maximum absolute atomic E-state index is 12.5. The van der Waals surface area contributed by atoms with Crippen molar-refractivity contribution in [3.8, 4) is 0 Å². The zero-order valence-electron chi connectivity index (χ0n) is 24.2. The predicted molar refractivity (Wildman–Crippen MR) is 151 cm³/mol. The Hall–Kier alpha value is -1.39. The molecule has 0 heterocycles. The summed E-state index contributed by atoms with van der Waals surface area (Å²) in [5.41, 5.74) is 0. The minimum absolute atomic E-state index is 0.0249. The van der Waals surface area contributed by atoms with E-state index in [4.69, 9.17) is 4.74 Å². The van der Waals surface area contributed by atoms with Crippen LogP contribution in [0.4, 0.5) is 0 Å². The Labute approximate surface area is 223 Å². The molecule has 0 aliphatic heterocycles. The Kier molecular flexibility index (Phi) is 25.6. The number of amides is 1. The van der Waals surface area contributed by atoms with Crippen LogP contribution in [0.1, 0.15) is 168 Å². The molecule has 0 aromatic rings. The smallest absolute Gasteiger partial charge is 0.329 e. The first-order valence-corrected chi connectivity index (χ1v) is 15.5. The van der Waals surface area contributed by atoms with Crippen LogP contribution in [0.2, 0.25) is 0 Å². The lowest BCUT2D eigenvalue weighted by molar-refractivity contribution is -0.149. The van der Waals surface area contributed by atoms with Gasteiger partial charge in [0.1, 0.15) is 11.8 Å². The van der Waals surface area contributed by atoms with Crippen molar-refractivity contribution >= 4 is 17.7 Å². The van der Waals surface area contributed by atoms with E-state index in [0.717, 1.165) is 38.5 Å². The first-order valence-electron chi connectivity index (χ1n) is 15.5. The molecule has 0 rings (SSSR count). The Balaban J connectivity index is 3.99. The summed E-state index contributed by atoms with van der Waals surface area (Å²) in [7, 11) is 0. The lowest BCUT2D eigenvalue weighted by Gasteiger charge is -2.17. The summed E-state index contributed by atoms with van der Waals surface area (Å²) < 4.78 is 5.42. The SMILES string of the molecule is CCCCCCCCCCCCCC(=O)NC(CC(=O)CC)C(=O)OCCCCCCCCCCC. The number of ketones is 1. The van der Waals surface area contributed by atoms with Gasteiger partial charge in [0.2, 0.25) is 5.91 Å². The third kappa shape index (κ3) is 23.0. The Morgan fingerprint density at radius 3 is 1.44 bits per heavy atom. The first kappa shape index (κ1) is 34.6. The fourth-order valence-electron chi connectivity index (χ4n) is 4.47. The van der Waals surface area contributed by atoms with Gasteiger partial charge in [0, 0.05) is 19.3 Å². The first-order chi connectivity index (χ1) is 17.5. The summed E-state index contributed by atoms with van der Waals surface area (Å²) in [6.07, 6.45) is 25.2. The number of nitrogens with one attached hydrogen (secondary N) is 1. The van der Waals surface area contributed by atoms with Crippen LogP contribution in [-0.4, -0.2) is 30.3 Å². The van der Waals surface area contributed by atoms with Gasteiger partial charge in [-0.3, -0.25) is 9.59 Å². The van der Waals surface area contributed by atoms with E-state index in [1.54, 1.807) is 6.92 Å². The molecule has 1 unspecified atom stereocenters. The molecule has 0 radical (unpaired) electrons. The summed E-state index contributed by atoms with van der Waals surface area (Å²) in [5, 5.41) is 2.77. The van der Waals surface area contributed by atoms with Gasteiger partial charge in [-0.15, -0.1) is 0 Å². The minimum Gasteiger partial charge on any atom is -0.464 e. The van der Waals surface area contributed by atoms with Crippen molar-refractivity contribution in [3.05, 3.63) is 0 Å². The number of hydrogen-bond donors (Lipinski definition) is 1. The maximum atomic E-state index is 12.5. The minimum atomic E-state index is -0.851. The molecule has 0 aliphatic rings. The van der Waals surface area contributed by atoms with Crippen LogP contribution in [0.5, 0.6) is 0 Å². The van der Waals surface area contributed by atoms with Crippen molar-refractivity contribution in [2.45, 2.75) is 174 Å². The predicted octanol–water partition coefficient (Wildman–Crippen LogP) is 8.62. The molecule has 0 spiro atoms. The molecule has 1 atom stereocenters. The van der Waals surface area contributed by atoms with E-state index < -0.39 is 12.0 Å². The molecule has 0 saturated carbocycles. The summed E-state index contributed by atoms with van der Waals surface area (Å²) in [6.45, 7) is 6.62. The van der Waals surface area contributed by atoms with Crippen molar-refractivity contribution in [3.63, 3.8) is 0 Å². The third-order valence-electron chi connectivity index (χ3n) is 6.95. The van der Waals surface area contributed by atoms with Gasteiger partial charge in [-0.05, 0) is 12.8 Å². The van der Waals surface area contributed by atoms with Crippen LogP contribution in [0, 0.1) is 0 Å². The largest absolute Gasteiger partial charge is 0.464 e. The van der Waals surface area contributed by atoms with Gasteiger partial charge < -0.3 is 10.1 Å². The molecule has 0 aromatic heterocycles. The van der Waals surface area contributed by atoms with Gasteiger partial charge in [-0.25, -0.2) is 4.79 Å². The number of carbonyl (C=O) groups is 3. The van der Waals surface area contributed by atoms with E-state index in [1.165, 1.54) is 89.9 Å². The molecular weight excluding hydrogens is 450 g/mol. The summed E-state index contributed by atoms with van der Waals surface area (Å²) in [5.74, 6) is -0.654. The monoisotopic (exact) mass is 509 g/mol. The Morgan fingerprint density at radius 2 is 1.00 bits per heavy atom. The highest BCUT2D eigenvalue weighted by Crippen LogP contribution is 2.13. The van der Waals surface area contributed by atoms with Crippen molar-refractivity contribution in [1.82, 2.24) is 5.32 Å². The third-order valence-corrected chi connectivity index (χ3v) is 6.95. The summed E-state index contributed by atoms with van der Waals surface area (Å²) in [6, 6.07) is -0.851. The van der Waals surface area contributed by atoms with Crippen LogP contribution < -0.4 is 5.32 Å². The van der Waals surface area contributed by atoms with Crippen LogP contribution in [-0.2, 0) is 19.1 Å². The van der Waals surface area contributed by atoms with Gasteiger partial charge in [0.25, 0.3) is 0 Å². The zero-order chi connectivity index (χ0) is 26.7. The van der Waals surface area contributed by atoms with Crippen LogP contribution in [0.3, 0.4) is 0 Å². The fourth-order valence-corrected chi connectivity index (χ4v) is 4.47. The molecule has 1 amide bonds. The molecule has 5 heteroatoms. The van der Waals surface area contributed by atoms with Crippen molar-refractivity contribution in [2.24, 2.45) is 0 Å². The standard InChI is InChI=1S/C31H59NO4/c1-4-7-9-11-13-15-16-17-19-21-23-25-30(34)32-29(27-28(33)6-3)31(35)36-26-24-22-20-18-14-12-10-8-5-2/h29H,4-27H2,1-3H3,(H,32,34). The van der Waals surface area contributed by atoms with Crippen molar-refractivity contribution < 1.29 is 19.1 Å². The van der Waals surface area contributed by atoms with E-state index in [0.29, 0.717) is 19.4 Å². The number of rotatable bonds is 27. The zero-order valence-corrected chi connectivity index (χ0v) is 24.2. The lowest BCUT2D eigenvalue weighted by Crippen LogP contribution is -2.43. The van der Waals surface area contributed by atoms with E-state index in [2.05, 4.69) is 19.2 Å². The quantitative estimate of drug-likeness (QED) is 0.0888. The number of ether oxygens (including phenoxy) is 1. The molecule has 1 N–H and O–H groups in total. The van der Waals surface area contributed by atoms with Gasteiger partial charge in [0.15, 0.2) is 0 Å². The van der Waals surface area contributed by atoms with E-state index in [-0.39, 0.29) is 18.1 Å². The van der Waals surface area contributed by atoms with Crippen LogP contribution in [0.15, 0.2) is 0 Å². The van der Waals surface area contributed by atoms with E-state index in [9.17, 15) is 14.4 Å². The molecule has 212 valence electrons. The normalized spacial score (nSPS) is 11.9. The van der Waals surface area contributed by atoms with Crippen LogP contribution >= 0.6 is 0 Å². The molecule has 0 bridgehead atoms. The number of carbonyl (C=O) groups excluding carboxylic acids is 3. The maximum Gasteiger partial charge on any atom is 0.329 e. The van der Waals surface area contributed by atoms with Gasteiger partial charge in [0.05, 0.1) is 6.61 Å². The second kappa shape index (κ2) is 26.7. The van der Waals surface area contributed by atoms with Gasteiger partial charge >= 0.3 is 5.97 Å². The van der Waals surface area contributed by atoms with Gasteiger partial charge in [-0.1, -0.05) is 136 Å². The number of unbranched alkanes of at least 4 members (excludes halogenated alkanes) is 18. The Morgan fingerprint density at radius 1 is 0.583 bits per heavy atom. The number of Topliss-reactive ketones (excluding diaryl/α,β-unsaturated/α-hetero) is 1. The molecule has 36 heavy (non-hydrogen) atoms. The molecule has 5 nitrogen and oxygen atoms in total. The van der Waals surface area contributed by atoms with Crippen molar-refractivity contribution in [1.29, 1.82) is 0 Å². The highest BCUT2D eigenvalue weighted by Gasteiger charge is 2.24. The van der Waals surface area contributed by atoms with Crippen LogP contribution in [0.25, 0.3) is 0 Å². The highest BCUT2D eigenvalue weighted by molar-refractivity contribution is 5.90. The number of esters is 1. The fraction of sp³-hybridized carbons (Fsp3) is 0.903. The Bertz CT molecular complexity index is 535. The topological polar surface area (TPSA) is 72.5 Å². The lowest BCUT2D eigenvalue weighted by atomic mass is 10.0. The van der Waals surface area contributed by atoms with Gasteiger partial charge in [-0.2, -0.15) is 0 Å². The molecule has 0 aliphatic carbocycles. The molecular formula is C31H59NO4.